The molecule has 0 heterocycles. The summed E-state index contributed by atoms with van der Waals surface area (Å²) in [5.74, 6) is -0.248. The van der Waals surface area contributed by atoms with Gasteiger partial charge in [-0.05, 0) is 29.0 Å². The van der Waals surface area contributed by atoms with E-state index < -0.39 is 0 Å². The van der Waals surface area contributed by atoms with Crippen LogP contribution in [-0.4, -0.2) is 12.6 Å². The predicted octanol–water partition coefficient (Wildman–Crippen LogP) is 4.83. The predicted molar refractivity (Wildman–Crippen MR) is 86.5 cm³/mol. The van der Waals surface area contributed by atoms with Crippen molar-refractivity contribution in [3.8, 4) is 11.1 Å². The maximum absolute atomic E-state index is 12.5. The van der Waals surface area contributed by atoms with Gasteiger partial charge in [0.15, 0.2) is 0 Å². The zero-order chi connectivity index (χ0) is 15.5. The lowest BCUT2D eigenvalue weighted by Crippen LogP contribution is -2.19. The van der Waals surface area contributed by atoms with Crippen molar-refractivity contribution in [3.05, 3.63) is 59.7 Å². The molecule has 0 saturated heterocycles. The van der Waals surface area contributed by atoms with Crippen molar-refractivity contribution in [1.82, 2.24) is 0 Å². The Morgan fingerprint density at radius 3 is 2.24 bits per heavy atom. The minimum absolute atomic E-state index is 0.118. The smallest absolute Gasteiger partial charge is 0.339 e. The first-order valence-corrected chi connectivity index (χ1v) is 7.31. The first kappa shape index (κ1) is 15.3. The van der Waals surface area contributed by atoms with Gasteiger partial charge in [0.05, 0.1) is 12.2 Å². The van der Waals surface area contributed by atoms with Crippen LogP contribution in [0.15, 0.2) is 48.5 Å². The van der Waals surface area contributed by atoms with Crippen LogP contribution in [0.5, 0.6) is 0 Å². The maximum Gasteiger partial charge on any atom is 0.339 e. The highest BCUT2D eigenvalue weighted by Gasteiger charge is 2.25. The van der Waals surface area contributed by atoms with Crippen molar-refractivity contribution in [2.75, 3.05) is 6.61 Å². The van der Waals surface area contributed by atoms with Crippen LogP contribution in [0.4, 0.5) is 0 Å². The number of hydrogen-bond donors (Lipinski definition) is 0. The molecular formula is C19H22O2. The molecule has 0 bridgehead atoms. The molecule has 0 saturated carbocycles. The van der Waals surface area contributed by atoms with Crippen LogP contribution in [0.25, 0.3) is 11.1 Å². The fourth-order valence-electron chi connectivity index (χ4n) is 2.46. The van der Waals surface area contributed by atoms with Gasteiger partial charge in [0.25, 0.3) is 0 Å². The third-order valence-electron chi connectivity index (χ3n) is 3.44. The van der Waals surface area contributed by atoms with E-state index in [1.807, 2.05) is 55.5 Å². The van der Waals surface area contributed by atoms with Crippen LogP contribution in [0, 0.1) is 0 Å². The molecule has 2 rings (SSSR count). The molecule has 0 N–H and O–H groups in total. The highest BCUT2D eigenvalue weighted by atomic mass is 16.5. The minimum atomic E-state index is -0.248. The number of rotatable bonds is 3. The summed E-state index contributed by atoms with van der Waals surface area (Å²) in [6.45, 7) is 8.55. The number of hydrogen-bond acceptors (Lipinski definition) is 2. The van der Waals surface area contributed by atoms with Gasteiger partial charge < -0.3 is 4.74 Å². The second-order valence-electron chi connectivity index (χ2n) is 6.06. The van der Waals surface area contributed by atoms with Crippen molar-refractivity contribution >= 4 is 5.97 Å². The van der Waals surface area contributed by atoms with Crippen molar-refractivity contribution in [3.63, 3.8) is 0 Å². The monoisotopic (exact) mass is 282 g/mol. The van der Waals surface area contributed by atoms with Crippen molar-refractivity contribution < 1.29 is 9.53 Å². The molecule has 2 aromatic rings. The van der Waals surface area contributed by atoms with Crippen LogP contribution in [0.1, 0.15) is 43.6 Å². The van der Waals surface area contributed by atoms with E-state index in [0.29, 0.717) is 12.2 Å². The molecule has 2 nitrogen and oxygen atoms in total. The zero-order valence-corrected chi connectivity index (χ0v) is 13.1. The van der Waals surface area contributed by atoms with E-state index in [1.54, 1.807) is 0 Å². The SMILES string of the molecule is CCOC(=O)c1c(-c2ccccc2)cccc1C(C)(C)C. The molecule has 2 aromatic carbocycles. The fraction of sp³-hybridized carbons (Fsp3) is 0.316. The molecule has 0 aromatic heterocycles. The number of esters is 1. The Bertz CT molecular complexity index is 622. The van der Waals surface area contributed by atoms with Crippen LogP contribution >= 0.6 is 0 Å². The highest BCUT2D eigenvalue weighted by molar-refractivity contribution is 5.99. The molecule has 0 aliphatic carbocycles. The van der Waals surface area contributed by atoms with E-state index in [0.717, 1.165) is 16.7 Å². The lowest BCUT2D eigenvalue weighted by molar-refractivity contribution is 0.0524. The van der Waals surface area contributed by atoms with Crippen molar-refractivity contribution in [1.29, 1.82) is 0 Å². The van der Waals surface area contributed by atoms with E-state index in [9.17, 15) is 4.79 Å². The zero-order valence-electron chi connectivity index (χ0n) is 13.1. The van der Waals surface area contributed by atoms with Gasteiger partial charge >= 0.3 is 5.97 Å². The van der Waals surface area contributed by atoms with E-state index >= 15 is 0 Å². The number of carbonyl (C=O) groups is 1. The van der Waals surface area contributed by atoms with Gasteiger partial charge in [-0.3, -0.25) is 0 Å². The van der Waals surface area contributed by atoms with Crippen molar-refractivity contribution in [2.24, 2.45) is 0 Å². The Balaban J connectivity index is 2.68. The molecule has 0 amide bonds. The Morgan fingerprint density at radius 1 is 1.00 bits per heavy atom. The number of benzene rings is 2. The second-order valence-corrected chi connectivity index (χ2v) is 6.06. The first-order chi connectivity index (χ1) is 9.95. The molecule has 0 aliphatic heterocycles. The number of carbonyl (C=O) groups excluding carboxylic acids is 1. The summed E-state index contributed by atoms with van der Waals surface area (Å²) in [4.78, 5) is 12.5. The summed E-state index contributed by atoms with van der Waals surface area (Å²) in [5, 5.41) is 0. The molecule has 0 spiro atoms. The summed E-state index contributed by atoms with van der Waals surface area (Å²) in [7, 11) is 0. The Morgan fingerprint density at radius 2 is 1.67 bits per heavy atom. The molecule has 0 aliphatic rings. The Hall–Kier alpha value is -2.09. The van der Waals surface area contributed by atoms with Gasteiger partial charge in [-0.2, -0.15) is 0 Å². The standard InChI is InChI=1S/C19H22O2/c1-5-21-18(20)17-15(14-10-7-6-8-11-14)12-9-13-16(17)19(2,3)4/h6-13H,5H2,1-4H3. The average molecular weight is 282 g/mol. The maximum atomic E-state index is 12.5. The molecule has 0 fully saturated rings. The van der Waals surface area contributed by atoms with Gasteiger partial charge in [-0.25, -0.2) is 4.79 Å². The fourth-order valence-corrected chi connectivity index (χ4v) is 2.46. The topological polar surface area (TPSA) is 26.3 Å². The van der Waals surface area contributed by atoms with E-state index in [1.165, 1.54) is 0 Å². The quantitative estimate of drug-likeness (QED) is 0.754. The molecular weight excluding hydrogens is 260 g/mol. The summed E-state index contributed by atoms with van der Waals surface area (Å²) in [6, 6.07) is 16.0. The van der Waals surface area contributed by atoms with Crippen LogP contribution in [-0.2, 0) is 10.2 Å². The Kier molecular flexibility index (Phi) is 4.46. The molecule has 110 valence electrons. The highest BCUT2D eigenvalue weighted by Crippen LogP contribution is 2.33. The first-order valence-electron chi connectivity index (χ1n) is 7.31. The molecule has 2 heteroatoms. The van der Waals surface area contributed by atoms with Crippen LogP contribution < -0.4 is 0 Å². The molecule has 0 atom stereocenters. The van der Waals surface area contributed by atoms with Gasteiger partial charge in [0.2, 0.25) is 0 Å². The van der Waals surface area contributed by atoms with E-state index in [4.69, 9.17) is 4.74 Å². The van der Waals surface area contributed by atoms with Gasteiger partial charge in [0, 0.05) is 0 Å². The van der Waals surface area contributed by atoms with E-state index in [-0.39, 0.29) is 11.4 Å². The average Bonchev–Trinajstić information content (AvgIpc) is 2.46. The molecule has 21 heavy (non-hydrogen) atoms. The summed E-state index contributed by atoms with van der Waals surface area (Å²) in [6.07, 6.45) is 0. The lowest BCUT2D eigenvalue weighted by atomic mass is 9.81. The van der Waals surface area contributed by atoms with Gasteiger partial charge in [0.1, 0.15) is 0 Å². The third-order valence-corrected chi connectivity index (χ3v) is 3.44. The lowest BCUT2D eigenvalue weighted by Gasteiger charge is -2.24. The van der Waals surface area contributed by atoms with Crippen molar-refractivity contribution in [2.45, 2.75) is 33.1 Å². The summed E-state index contributed by atoms with van der Waals surface area (Å²) in [5.41, 5.74) is 3.54. The van der Waals surface area contributed by atoms with Gasteiger partial charge in [-0.1, -0.05) is 69.3 Å². The van der Waals surface area contributed by atoms with Crippen LogP contribution in [0.3, 0.4) is 0 Å². The van der Waals surface area contributed by atoms with Gasteiger partial charge in [-0.15, -0.1) is 0 Å². The minimum Gasteiger partial charge on any atom is -0.462 e. The van der Waals surface area contributed by atoms with E-state index in [2.05, 4.69) is 20.8 Å². The Labute approximate surface area is 126 Å². The number of ether oxygens (including phenoxy) is 1. The molecule has 0 radical (unpaired) electrons. The largest absolute Gasteiger partial charge is 0.462 e. The summed E-state index contributed by atoms with van der Waals surface area (Å²) < 4.78 is 5.29. The third kappa shape index (κ3) is 3.33. The second kappa shape index (κ2) is 6.13. The molecule has 0 unspecified atom stereocenters. The summed E-state index contributed by atoms with van der Waals surface area (Å²) >= 11 is 0. The normalized spacial score (nSPS) is 11.2. The van der Waals surface area contributed by atoms with Crippen LogP contribution in [0.2, 0.25) is 0 Å².